The van der Waals surface area contributed by atoms with Crippen molar-refractivity contribution in [2.24, 2.45) is 0 Å². The summed E-state index contributed by atoms with van der Waals surface area (Å²) in [6.45, 7) is -0.0402. The molecule has 3 aromatic rings. The Balaban J connectivity index is 1.33. The lowest BCUT2D eigenvalue weighted by Crippen LogP contribution is -2.20. The molecule has 5 nitrogen and oxygen atoms in total. The van der Waals surface area contributed by atoms with E-state index in [1.165, 1.54) is 0 Å². The van der Waals surface area contributed by atoms with Crippen molar-refractivity contribution in [2.75, 3.05) is 11.9 Å². The van der Waals surface area contributed by atoms with Gasteiger partial charge in [0.2, 0.25) is 0 Å². The van der Waals surface area contributed by atoms with Gasteiger partial charge in [0.1, 0.15) is 17.6 Å². The Morgan fingerprint density at radius 3 is 2.68 bits per heavy atom. The van der Waals surface area contributed by atoms with Crippen LogP contribution in [0, 0.1) is 0 Å². The zero-order chi connectivity index (χ0) is 19.2. The van der Waals surface area contributed by atoms with Crippen LogP contribution in [0.25, 0.3) is 6.08 Å². The molecule has 0 saturated heterocycles. The van der Waals surface area contributed by atoms with Crippen molar-refractivity contribution in [3.8, 4) is 11.5 Å². The fraction of sp³-hybridized carbons (Fsp3) is 0.130. The average molecular weight is 372 g/mol. The lowest BCUT2D eigenvalue weighted by Gasteiger charge is -2.22. The van der Waals surface area contributed by atoms with Gasteiger partial charge in [0.05, 0.1) is 0 Å². The van der Waals surface area contributed by atoms with Gasteiger partial charge in [-0.3, -0.25) is 9.78 Å². The van der Waals surface area contributed by atoms with Gasteiger partial charge in [0.25, 0.3) is 5.91 Å². The number of ether oxygens (including phenoxy) is 2. The summed E-state index contributed by atoms with van der Waals surface area (Å²) in [4.78, 5) is 16.2. The van der Waals surface area contributed by atoms with Gasteiger partial charge in [0.15, 0.2) is 6.61 Å². The van der Waals surface area contributed by atoms with Crippen molar-refractivity contribution >= 4 is 17.7 Å². The quantitative estimate of drug-likeness (QED) is 0.685. The molecule has 1 aliphatic rings. The summed E-state index contributed by atoms with van der Waals surface area (Å²) in [6.07, 6.45) is 8.56. The first-order valence-corrected chi connectivity index (χ1v) is 9.13. The maximum Gasteiger partial charge on any atom is 0.262 e. The molecule has 1 N–H and O–H groups in total. The smallest absolute Gasteiger partial charge is 0.262 e. The van der Waals surface area contributed by atoms with Crippen molar-refractivity contribution in [3.63, 3.8) is 0 Å². The molecule has 140 valence electrons. The Morgan fingerprint density at radius 2 is 1.86 bits per heavy atom. The third kappa shape index (κ3) is 4.38. The second kappa shape index (κ2) is 8.39. The molecule has 1 aliphatic carbocycles. The molecule has 0 saturated carbocycles. The summed E-state index contributed by atoms with van der Waals surface area (Å²) >= 11 is 0. The Kier molecular flexibility index (Phi) is 5.33. The highest BCUT2D eigenvalue weighted by Gasteiger charge is 2.18. The van der Waals surface area contributed by atoms with Gasteiger partial charge < -0.3 is 14.8 Å². The molecule has 0 fully saturated rings. The van der Waals surface area contributed by atoms with Gasteiger partial charge in [0, 0.05) is 30.1 Å². The number of anilines is 1. The number of aromatic nitrogens is 1. The molecule has 0 aliphatic heterocycles. The minimum Gasteiger partial charge on any atom is -0.485 e. The van der Waals surface area contributed by atoms with Gasteiger partial charge in [-0.2, -0.15) is 0 Å². The summed E-state index contributed by atoms with van der Waals surface area (Å²) in [5, 5.41) is 2.82. The van der Waals surface area contributed by atoms with Crippen LogP contribution < -0.4 is 14.8 Å². The lowest BCUT2D eigenvalue weighted by molar-refractivity contribution is -0.118. The normalized spacial score (nSPS) is 14.8. The molecule has 1 heterocycles. The highest BCUT2D eigenvalue weighted by molar-refractivity contribution is 5.91. The molecule has 28 heavy (non-hydrogen) atoms. The van der Waals surface area contributed by atoms with Gasteiger partial charge in [-0.05, 0) is 48.0 Å². The van der Waals surface area contributed by atoms with E-state index in [1.54, 1.807) is 6.20 Å². The number of hydrogen-bond donors (Lipinski definition) is 1. The van der Waals surface area contributed by atoms with E-state index < -0.39 is 0 Å². The predicted octanol–water partition coefficient (Wildman–Crippen LogP) is 4.64. The molecule has 1 amide bonds. The maximum absolute atomic E-state index is 12.0. The second-order valence-electron chi connectivity index (χ2n) is 6.42. The van der Waals surface area contributed by atoms with E-state index in [9.17, 15) is 4.79 Å². The number of nitrogens with one attached hydrogen (secondary N) is 1. The number of benzene rings is 2. The summed E-state index contributed by atoms with van der Waals surface area (Å²) < 4.78 is 11.6. The van der Waals surface area contributed by atoms with Crippen molar-refractivity contribution in [1.82, 2.24) is 4.98 Å². The molecular weight excluding hydrogens is 352 g/mol. The highest BCUT2D eigenvalue weighted by Crippen LogP contribution is 2.31. The molecule has 0 bridgehead atoms. The van der Waals surface area contributed by atoms with Gasteiger partial charge >= 0.3 is 0 Å². The molecule has 1 atom stereocenters. The molecule has 5 heteroatoms. The van der Waals surface area contributed by atoms with Crippen LogP contribution in [0.5, 0.6) is 11.5 Å². The van der Waals surface area contributed by atoms with E-state index in [2.05, 4.69) is 22.5 Å². The average Bonchev–Trinajstić information content (AvgIpc) is 2.75. The first kappa shape index (κ1) is 17.8. The zero-order valence-electron chi connectivity index (χ0n) is 15.2. The molecule has 2 aromatic carbocycles. The Bertz CT molecular complexity index is 969. The molecule has 4 rings (SSSR count). The van der Waals surface area contributed by atoms with E-state index in [0.29, 0.717) is 11.4 Å². The maximum atomic E-state index is 12.0. The minimum absolute atomic E-state index is 0.0392. The summed E-state index contributed by atoms with van der Waals surface area (Å²) in [5.41, 5.74) is 2.91. The summed E-state index contributed by atoms with van der Waals surface area (Å²) in [7, 11) is 0. The lowest BCUT2D eigenvalue weighted by atomic mass is 9.97. The van der Waals surface area contributed by atoms with Gasteiger partial charge in [-0.15, -0.1) is 0 Å². The van der Waals surface area contributed by atoms with Crippen molar-refractivity contribution in [3.05, 3.63) is 90.3 Å². The topological polar surface area (TPSA) is 60.5 Å². The van der Waals surface area contributed by atoms with Crippen molar-refractivity contribution in [2.45, 2.75) is 12.5 Å². The first-order chi connectivity index (χ1) is 13.8. The summed E-state index contributed by atoms with van der Waals surface area (Å²) in [5.74, 6) is 1.20. The molecule has 1 aromatic heterocycles. The van der Waals surface area contributed by atoms with E-state index in [4.69, 9.17) is 9.47 Å². The van der Waals surface area contributed by atoms with E-state index in [-0.39, 0.29) is 18.6 Å². The predicted molar refractivity (Wildman–Crippen MR) is 108 cm³/mol. The van der Waals surface area contributed by atoms with Crippen LogP contribution in [0.4, 0.5) is 5.69 Å². The third-order valence-electron chi connectivity index (χ3n) is 4.41. The van der Waals surface area contributed by atoms with Crippen molar-refractivity contribution < 1.29 is 14.3 Å². The Morgan fingerprint density at radius 1 is 1.04 bits per heavy atom. The second-order valence-corrected chi connectivity index (χ2v) is 6.42. The number of pyridine rings is 1. The van der Waals surface area contributed by atoms with Crippen LogP contribution in [0.2, 0.25) is 0 Å². The molecule has 0 spiro atoms. The largest absolute Gasteiger partial charge is 0.485 e. The van der Waals surface area contributed by atoms with Crippen LogP contribution in [-0.2, 0) is 4.79 Å². The van der Waals surface area contributed by atoms with Gasteiger partial charge in [-0.25, -0.2) is 0 Å². The standard InChI is InChI=1S/C23H20N2O3/c26-23(16-27-19-6-2-1-3-7-19)25-18-9-11-20(12-10-18)28-22-8-4-5-17-15-24-14-13-21(17)22/h1-7,9-15,22H,8,16H2,(H,25,26). The number of para-hydroxylation sites is 1. The van der Waals surface area contributed by atoms with Crippen LogP contribution >= 0.6 is 0 Å². The number of rotatable bonds is 6. The number of amides is 1. The highest BCUT2D eigenvalue weighted by atomic mass is 16.5. The van der Waals surface area contributed by atoms with Crippen LogP contribution in [0.1, 0.15) is 23.7 Å². The molecule has 1 unspecified atom stereocenters. The number of carbonyl (C=O) groups excluding carboxylic acids is 1. The van der Waals surface area contributed by atoms with Gasteiger partial charge in [-0.1, -0.05) is 30.4 Å². The Hall–Kier alpha value is -3.60. The van der Waals surface area contributed by atoms with E-state index >= 15 is 0 Å². The fourth-order valence-electron chi connectivity index (χ4n) is 3.05. The van der Waals surface area contributed by atoms with Crippen molar-refractivity contribution in [1.29, 1.82) is 0 Å². The minimum atomic E-state index is -0.212. The van der Waals surface area contributed by atoms with E-state index in [0.717, 1.165) is 23.3 Å². The monoisotopic (exact) mass is 372 g/mol. The number of nitrogens with zero attached hydrogens (tertiary/aromatic N) is 1. The molecule has 0 radical (unpaired) electrons. The fourth-order valence-corrected chi connectivity index (χ4v) is 3.05. The first-order valence-electron chi connectivity index (χ1n) is 9.13. The number of fused-ring (bicyclic) bond motifs is 1. The SMILES string of the molecule is O=C(COc1ccccc1)Nc1ccc(OC2CC=Cc3cnccc32)cc1. The van der Waals surface area contributed by atoms with Crippen LogP contribution in [-0.4, -0.2) is 17.5 Å². The number of hydrogen-bond acceptors (Lipinski definition) is 4. The third-order valence-corrected chi connectivity index (χ3v) is 4.41. The number of carbonyl (C=O) groups is 1. The molecular formula is C23H20N2O3. The van der Waals surface area contributed by atoms with Crippen LogP contribution in [0.3, 0.4) is 0 Å². The zero-order valence-corrected chi connectivity index (χ0v) is 15.2. The summed E-state index contributed by atoms with van der Waals surface area (Å²) in [6, 6.07) is 18.6. The van der Waals surface area contributed by atoms with E-state index in [1.807, 2.05) is 66.9 Å². The van der Waals surface area contributed by atoms with Crippen LogP contribution in [0.15, 0.2) is 79.1 Å². The Labute approximate surface area is 163 Å².